The molecule has 0 aliphatic rings. The Morgan fingerprint density at radius 3 is 2.76 bits per heavy atom. The second-order valence-corrected chi connectivity index (χ2v) is 6.99. The monoisotopic (exact) mass is 412 g/mol. The molecule has 0 radical (unpaired) electrons. The van der Waals surface area contributed by atoms with Crippen molar-refractivity contribution in [3.8, 4) is 27.8 Å². The topological polar surface area (TPSA) is 69.7 Å². The van der Waals surface area contributed by atoms with Gasteiger partial charge in [0.05, 0.1) is 37.9 Å². The first-order chi connectivity index (χ1) is 14.2. The number of benzene rings is 2. The molecule has 3 aromatic rings. The quantitative estimate of drug-likeness (QED) is 0.511. The molecule has 0 saturated heterocycles. The van der Waals surface area contributed by atoms with Crippen LogP contribution in [0.5, 0.6) is 17.2 Å². The van der Waals surface area contributed by atoms with Gasteiger partial charge in [0, 0.05) is 11.4 Å². The number of hydrogen-bond donors (Lipinski definition) is 1. The largest absolute Gasteiger partial charge is 0.497 e. The summed E-state index contributed by atoms with van der Waals surface area (Å²) in [5.41, 5.74) is 1.68. The van der Waals surface area contributed by atoms with Crippen LogP contribution in [0.4, 0.5) is 0 Å². The molecule has 1 amide bonds. The van der Waals surface area contributed by atoms with E-state index < -0.39 is 0 Å². The molecule has 1 aromatic heterocycles. The normalized spacial score (nSPS) is 10.4. The number of carbonyl (C=O) groups excluding carboxylic acids is 1. The third kappa shape index (κ3) is 5.96. The lowest BCUT2D eigenvalue weighted by Crippen LogP contribution is -2.29. The van der Waals surface area contributed by atoms with Gasteiger partial charge in [0.1, 0.15) is 28.9 Å². The highest BCUT2D eigenvalue weighted by molar-refractivity contribution is 7.13. The maximum absolute atomic E-state index is 12.2. The van der Waals surface area contributed by atoms with E-state index in [4.69, 9.17) is 14.2 Å². The van der Waals surface area contributed by atoms with Crippen molar-refractivity contribution < 1.29 is 19.0 Å². The molecular weight excluding hydrogens is 388 g/mol. The molecule has 0 saturated carbocycles. The van der Waals surface area contributed by atoms with Gasteiger partial charge in [0.2, 0.25) is 5.91 Å². The Balaban J connectivity index is 1.48. The number of nitrogens with zero attached hydrogens (tertiary/aromatic N) is 1. The lowest BCUT2D eigenvalue weighted by molar-refractivity contribution is -0.120. The standard InChI is InChI=1S/C22H24N2O4S/c1-3-27-20-10-5-4-9-19(20)22-24-16(15-29-22)13-21(25)23-11-12-28-18-8-6-7-17(14-18)26-2/h4-10,14-15H,3,11-13H2,1-2H3,(H,23,25). The van der Waals surface area contributed by atoms with Gasteiger partial charge in [-0.25, -0.2) is 4.98 Å². The number of aromatic nitrogens is 1. The minimum Gasteiger partial charge on any atom is -0.497 e. The Kier molecular flexibility index (Phi) is 7.47. The average Bonchev–Trinajstić information content (AvgIpc) is 3.20. The van der Waals surface area contributed by atoms with Crippen LogP contribution >= 0.6 is 11.3 Å². The predicted octanol–water partition coefficient (Wildman–Crippen LogP) is 3.96. The lowest BCUT2D eigenvalue weighted by atomic mass is 10.2. The minimum atomic E-state index is -0.0887. The van der Waals surface area contributed by atoms with Gasteiger partial charge in [0.15, 0.2) is 0 Å². The highest BCUT2D eigenvalue weighted by Gasteiger charge is 2.12. The molecule has 0 unspecified atom stereocenters. The van der Waals surface area contributed by atoms with Crippen molar-refractivity contribution in [2.45, 2.75) is 13.3 Å². The second kappa shape index (κ2) is 10.5. The van der Waals surface area contributed by atoms with Crippen molar-refractivity contribution in [2.75, 3.05) is 26.9 Å². The van der Waals surface area contributed by atoms with Gasteiger partial charge in [-0.3, -0.25) is 4.79 Å². The maximum Gasteiger partial charge on any atom is 0.226 e. The number of amides is 1. The van der Waals surface area contributed by atoms with Crippen LogP contribution in [0.25, 0.3) is 10.6 Å². The first kappa shape index (κ1) is 20.7. The smallest absolute Gasteiger partial charge is 0.226 e. The van der Waals surface area contributed by atoms with Gasteiger partial charge < -0.3 is 19.5 Å². The summed E-state index contributed by atoms with van der Waals surface area (Å²) in [5.74, 6) is 2.15. The van der Waals surface area contributed by atoms with Gasteiger partial charge in [-0.05, 0) is 31.2 Å². The molecule has 29 heavy (non-hydrogen) atoms. The molecule has 0 aliphatic heterocycles. The van der Waals surface area contributed by atoms with E-state index in [1.54, 1.807) is 13.2 Å². The van der Waals surface area contributed by atoms with Crippen LogP contribution in [0, 0.1) is 0 Å². The second-order valence-electron chi connectivity index (χ2n) is 6.13. The highest BCUT2D eigenvalue weighted by atomic mass is 32.1. The summed E-state index contributed by atoms with van der Waals surface area (Å²) in [6.07, 6.45) is 0.229. The van der Waals surface area contributed by atoms with Crippen LogP contribution in [-0.4, -0.2) is 37.8 Å². The summed E-state index contributed by atoms with van der Waals surface area (Å²) in [5, 5.41) is 5.61. The van der Waals surface area contributed by atoms with Crippen LogP contribution in [0.2, 0.25) is 0 Å². The average molecular weight is 413 g/mol. The maximum atomic E-state index is 12.2. The fraction of sp³-hybridized carbons (Fsp3) is 0.273. The number of thiazole rings is 1. The van der Waals surface area contributed by atoms with Crippen molar-refractivity contribution in [1.82, 2.24) is 10.3 Å². The summed E-state index contributed by atoms with van der Waals surface area (Å²) in [7, 11) is 1.61. The van der Waals surface area contributed by atoms with Gasteiger partial charge >= 0.3 is 0 Å². The summed E-state index contributed by atoms with van der Waals surface area (Å²) in [4.78, 5) is 16.8. The van der Waals surface area contributed by atoms with E-state index in [-0.39, 0.29) is 12.3 Å². The molecule has 1 heterocycles. The number of para-hydroxylation sites is 1. The van der Waals surface area contributed by atoms with Crippen LogP contribution in [0.3, 0.4) is 0 Å². The lowest BCUT2D eigenvalue weighted by Gasteiger charge is -2.08. The van der Waals surface area contributed by atoms with E-state index in [0.717, 1.165) is 27.8 Å². The van der Waals surface area contributed by atoms with E-state index >= 15 is 0 Å². The Bertz CT molecular complexity index is 942. The van der Waals surface area contributed by atoms with E-state index in [1.807, 2.05) is 54.8 Å². The van der Waals surface area contributed by atoms with E-state index in [0.29, 0.717) is 25.5 Å². The molecule has 0 atom stereocenters. The molecule has 0 fully saturated rings. The molecule has 2 aromatic carbocycles. The summed E-state index contributed by atoms with van der Waals surface area (Å²) >= 11 is 1.51. The summed E-state index contributed by atoms with van der Waals surface area (Å²) in [6.45, 7) is 3.34. The van der Waals surface area contributed by atoms with Gasteiger partial charge in [-0.1, -0.05) is 18.2 Å². The molecule has 152 valence electrons. The first-order valence-electron chi connectivity index (χ1n) is 9.39. The van der Waals surface area contributed by atoms with Gasteiger partial charge in [-0.2, -0.15) is 0 Å². The number of ether oxygens (including phenoxy) is 3. The molecule has 6 nitrogen and oxygen atoms in total. The summed E-state index contributed by atoms with van der Waals surface area (Å²) in [6, 6.07) is 15.1. The third-order valence-corrected chi connectivity index (χ3v) is 4.97. The summed E-state index contributed by atoms with van der Waals surface area (Å²) < 4.78 is 16.4. The van der Waals surface area contributed by atoms with E-state index in [1.165, 1.54) is 11.3 Å². The zero-order valence-electron chi connectivity index (χ0n) is 16.5. The van der Waals surface area contributed by atoms with Crippen LogP contribution in [0.15, 0.2) is 53.9 Å². The van der Waals surface area contributed by atoms with Crippen LogP contribution in [0.1, 0.15) is 12.6 Å². The Labute approximate surface area is 174 Å². The third-order valence-electron chi connectivity index (χ3n) is 4.04. The van der Waals surface area contributed by atoms with Crippen molar-refractivity contribution in [2.24, 2.45) is 0 Å². The number of nitrogens with one attached hydrogen (secondary N) is 1. The fourth-order valence-electron chi connectivity index (χ4n) is 2.71. The number of hydrogen-bond acceptors (Lipinski definition) is 6. The zero-order chi connectivity index (χ0) is 20.5. The molecule has 7 heteroatoms. The van der Waals surface area contributed by atoms with E-state index in [9.17, 15) is 4.79 Å². The molecule has 0 spiro atoms. The number of methoxy groups -OCH3 is 1. The molecule has 3 rings (SSSR count). The van der Waals surface area contributed by atoms with Crippen molar-refractivity contribution >= 4 is 17.2 Å². The highest BCUT2D eigenvalue weighted by Crippen LogP contribution is 2.32. The van der Waals surface area contributed by atoms with Crippen LogP contribution in [-0.2, 0) is 11.2 Å². The minimum absolute atomic E-state index is 0.0887. The molecule has 1 N–H and O–H groups in total. The van der Waals surface area contributed by atoms with Crippen molar-refractivity contribution in [3.05, 3.63) is 59.6 Å². The van der Waals surface area contributed by atoms with Gasteiger partial charge in [0.25, 0.3) is 0 Å². The Morgan fingerprint density at radius 2 is 1.93 bits per heavy atom. The van der Waals surface area contributed by atoms with Crippen molar-refractivity contribution in [1.29, 1.82) is 0 Å². The Hall–Kier alpha value is -3.06. The SMILES string of the molecule is CCOc1ccccc1-c1nc(CC(=O)NCCOc2cccc(OC)c2)cs1. The fourth-order valence-corrected chi connectivity index (χ4v) is 3.56. The number of rotatable bonds is 10. The molecule has 0 aliphatic carbocycles. The van der Waals surface area contributed by atoms with Crippen molar-refractivity contribution in [3.63, 3.8) is 0 Å². The Morgan fingerprint density at radius 1 is 1.10 bits per heavy atom. The van der Waals surface area contributed by atoms with E-state index in [2.05, 4.69) is 10.3 Å². The number of carbonyl (C=O) groups is 1. The molecule has 0 bridgehead atoms. The first-order valence-corrected chi connectivity index (χ1v) is 10.3. The van der Waals surface area contributed by atoms with Crippen LogP contribution < -0.4 is 19.5 Å². The zero-order valence-corrected chi connectivity index (χ0v) is 17.3. The van der Waals surface area contributed by atoms with Gasteiger partial charge in [-0.15, -0.1) is 11.3 Å². The predicted molar refractivity (Wildman–Crippen MR) is 114 cm³/mol. The molecular formula is C22H24N2O4S.